The molecule has 1 aromatic rings. The molecule has 2 saturated heterocycles. The SMILES string of the molecule is O=C(NC1CC1)C1CCCN(C2CCN(Cc3ccc4c(c3)OCO4)CC2)C1. The van der Waals surface area contributed by atoms with Crippen molar-refractivity contribution in [3.05, 3.63) is 23.8 Å². The third-order valence-corrected chi connectivity index (χ3v) is 6.66. The molecule has 6 heteroatoms. The Morgan fingerprint density at radius 2 is 1.86 bits per heavy atom. The van der Waals surface area contributed by atoms with Gasteiger partial charge in [0.1, 0.15) is 0 Å². The molecule has 4 aliphatic rings. The zero-order valence-corrected chi connectivity index (χ0v) is 16.6. The van der Waals surface area contributed by atoms with Crippen molar-refractivity contribution in [1.82, 2.24) is 15.1 Å². The number of rotatable bonds is 5. The summed E-state index contributed by atoms with van der Waals surface area (Å²) in [6, 6.07) is 7.38. The molecule has 1 aliphatic carbocycles. The Morgan fingerprint density at radius 3 is 2.68 bits per heavy atom. The summed E-state index contributed by atoms with van der Waals surface area (Å²) in [6.07, 6.45) is 6.94. The van der Waals surface area contributed by atoms with Gasteiger partial charge in [-0.2, -0.15) is 0 Å². The molecule has 1 aromatic carbocycles. The summed E-state index contributed by atoms with van der Waals surface area (Å²) in [6.45, 7) is 5.64. The molecule has 1 saturated carbocycles. The molecule has 6 nitrogen and oxygen atoms in total. The standard InChI is InChI=1S/C22H31N3O3/c26-22(23-18-4-5-18)17-2-1-9-25(14-17)19-7-10-24(11-8-19)13-16-3-6-20-21(12-16)28-15-27-20/h3,6,12,17-19H,1-2,4-5,7-11,13-15H2,(H,23,26). The maximum absolute atomic E-state index is 12.4. The number of amides is 1. The Hall–Kier alpha value is -1.79. The van der Waals surface area contributed by atoms with Crippen molar-refractivity contribution in [2.45, 2.75) is 57.2 Å². The lowest BCUT2D eigenvalue weighted by Gasteiger charge is -2.42. The van der Waals surface area contributed by atoms with Crippen molar-refractivity contribution < 1.29 is 14.3 Å². The first kappa shape index (κ1) is 18.3. The van der Waals surface area contributed by atoms with Gasteiger partial charge in [-0.1, -0.05) is 6.07 Å². The first-order valence-electron chi connectivity index (χ1n) is 10.9. The number of hydrogen-bond donors (Lipinski definition) is 1. The molecule has 1 unspecified atom stereocenters. The predicted molar refractivity (Wildman–Crippen MR) is 106 cm³/mol. The number of carbonyl (C=O) groups is 1. The van der Waals surface area contributed by atoms with E-state index in [9.17, 15) is 4.79 Å². The zero-order chi connectivity index (χ0) is 18.9. The van der Waals surface area contributed by atoms with Crippen molar-refractivity contribution in [1.29, 1.82) is 0 Å². The summed E-state index contributed by atoms with van der Waals surface area (Å²) in [7, 11) is 0. The number of nitrogens with zero attached hydrogens (tertiary/aromatic N) is 2. The second-order valence-corrected chi connectivity index (χ2v) is 8.81. The molecular weight excluding hydrogens is 354 g/mol. The highest BCUT2D eigenvalue weighted by Gasteiger charge is 2.33. The third-order valence-electron chi connectivity index (χ3n) is 6.66. The Morgan fingerprint density at radius 1 is 1.04 bits per heavy atom. The number of benzene rings is 1. The molecule has 0 spiro atoms. The van der Waals surface area contributed by atoms with Crippen molar-refractivity contribution in [3.8, 4) is 11.5 Å². The lowest BCUT2D eigenvalue weighted by Crippen LogP contribution is -2.50. The van der Waals surface area contributed by atoms with E-state index in [1.165, 1.54) is 31.2 Å². The van der Waals surface area contributed by atoms with Crippen LogP contribution in [-0.2, 0) is 11.3 Å². The fourth-order valence-electron chi connectivity index (χ4n) is 4.84. The highest BCUT2D eigenvalue weighted by Crippen LogP contribution is 2.33. The van der Waals surface area contributed by atoms with E-state index in [0.717, 1.165) is 57.1 Å². The predicted octanol–water partition coefficient (Wildman–Crippen LogP) is 2.37. The van der Waals surface area contributed by atoms with Crippen LogP contribution in [0.2, 0.25) is 0 Å². The number of nitrogens with one attached hydrogen (secondary N) is 1. The molecule has 1 amide bonds. The summed E-state index contributed by atoms with van der Waals surface area (Å²) in [5, 5.41) is 3.21. The largest absolute Gasteiger partial charge is 0.454 e. The van der Waals surface area contributed by atoms with Crippen LogP contribution in [0.1, 0.15) is 44.1 Å². The maximum Gasteiger partial charge on any atom is 0.231 e. The molecule has 3 fully saturated rings. The van der Waals surface area contributed by atoms with E-state index in [-0.39, 0.29) is 5.92 Å². The van der Waals surface area contributed by atoms with Crippen LogP contribution in [-0.4, -0.2) is 60.8 Å². The fraction of sp³-hybridized carbons (Fsp3) is 0.682. The molecule has 152 valence electrons. The number of ether oxygens (including phenoxy) is 2. The van der Waals surface area contributed by atoms with Gasteiger partial charge in [0, 0.05) is 25.2 Å². The molecule has 0 radical (unpaired) electrons. The van der Waals surface area contributed by atoms with E-state index in [4.69, 9.17) is 9.47 Å². The third kappa shape index (κ3) is 4.13. The van der Waals surface area contributed by atoms with Crippen molar-refractivity contribution in [2.24, 2.45) is 5.92 Å². The lowest BCUT2D eigenvalue weighted by molar-refractivity contribution is -0.127. The molecule has 1 atom stereocenters. The molecule has 28 heavy (non-hydrogen) atoms. The Bertz CT molecular complexity index is 713. The Labute approximate surface area is 167 Å². The van der Waals surface area contributed by atoms with Crippen LogP contribution < -0.4 is 14.8 Å². The molecule has 3 aliphatic heterocycles. The van der Waals surface area contributed by atoms with Crippen LogP contribution in [0.15, 0.2) is 18.2 Å². The van der Waals surface area contributed by atoms with E-state index in [2.05, 4.69) is 27.2 Å². The maximum atomic E-state index is 12.4. The van der Waals surface area contributed by atoms with Gasteiger partial charge >= 0.3 is 0 Å². The van der Waals surface area contributed by atoms with Gasteiger partial charge in [-0.3, -0.25) is 14.6 Å². The number of hydrogen-bond acceptors (Lipinski definition) is 5. The Balaban J connectivity index is 1.11. The Kier molecular flexibility index (Phi) is 5.16. The second-order valence-electron chi connectivity index (χ2n) is 8.81. The zero-order valence-electron chi connectivity index (χ0n) is 16.6. The van der Waals surface area contributed by atoms with Crippen LogP contribution in [0.3, 0.4) is 0 Å². The minimum absolute atomic E-state index is 0.195. The van der Waals surface area contributed by atoms with Gasteiger partial charge in [0.15, 0.2) is 11.5 Å². The average Bonchev–Trinajstić information content (AvgIpc) is 3.42. The van der Waals surface area contributed by atoms with Crippen molar-refractivity contribution in [2.75, 3.05) is 33.0 Å². The second kappa shape index (κ2) is 7.91. The fourth-order valence-corrected chi connectivity index (χ4v) is 4.84. The minimum Gasteiger partial charge on any atom is -0.454 e. The van der Waals surface area contributed by atoms with Crippen LogP contribution in [0.5, 0.6) is 11.5 Å². The highest BCUT2D eigenvalue weighted by molar-refractivity contribution is 5.79. The number of carbonyl (C=O) groups excluding carboxylic acids is 1. The molecule has 3 heterocycles. The first-order valence-corrected chi connectivity index (χ1v) is 10.9. The van der Waals surface area contributed by atoms with Crippen LogP contribution in [0.25, 0.3) is 0 Å². The van der Waals surface area contributed by atoms with E-state index in [0.29, 0.717) is 24.8 Å². The van der Waals surface area contributed by atoms with Gasteiger partial charge < -0.3 is 14.8 Å². The van der Waals surface area contributed by atoms with E-state index >= 15 is 0 Å². The van der Waals surface area contributed by atoms with E-state index in [1.54, 1.807) is 0 Å². The minimum atomic E-state index is 0.195. The van der Waals surface area contributed by atoms with Gasteiger partial charge in [0.05, 0.1) is 5.92 Å². The van der Waals surface area contributed by atoms with Gasteiger partial charge in [-0.25, -0.2) is 0 Å². The van der Waals surface area contributed by atoms with E-state index < -0.39 is 0 Å². The van der Waals surface area contributed by atoms with Crippen molar-refractivity contribution in [3.63, 3.8) is 0 Å². The molecule has 0 bridgehead atoms. The van der Waals surface area contributed by atoms with Crippen LogP contribution in [0, 0.1) is 5.92 Å². The van der Waals surface area contributed by atoms with Gasteiger partial charge in [-0.15, -0.1) is 0 Å². The summed E-state index contributed by atoms with van der Waals surface area (Å²) in [5.41, 5.74) is 1.29. The van der Waals surface area contributed by atoms with Crippen LogP contribution >= 0.6 is 0 Å². The monoisotopic (exact) mass is 385 g/mol. The number of likely N-dealkylation sites (tertiary alicyclic amines) is 2. The van der Waals surface area contributed by atoms with Gasteiger partial charge in [-0.05, 0) is 75.9 Å². The van der Waals surface area contributed by atoms with Gasteiger partial charge in [0.25, 0.3) is 0 Å². The number of fused-ring (bicyclic) bond motifs is 1. The van der Waals surface area contributed by atoms with Crippen LogP contribution in [0.4, 0.5) is 0 Å². The van der Waals surface area contributed by atoms with Crippen molar-refractivity contribution >= 4 is 5.91 Å². The first-order chi connectivity index (χ1) is 13.7. The highest BCUT2D eigenvalue weighted by atomic mass is 16.7. The molecular formula is C22H31N3O3. The molecule has 1 N–H and O–H groups in total. The van der Waals surface area contributed by atoms with E-state index in [1.807, 2.05) is 6.07 Å². The summed E-state index contributed by atoms with van der Waals surface area (Å²) >= 11 is 0. The quantitative estimate of drug-likeness (QED) is 0.843. The summed E-state index contributed by atoms with van der Waals surface area (Å²) in [5.74, 6) is 2.22. The summed E-state index contributed by atoms with van der Waals surface area (Å²) in [4.78, 5) is 17.6. The average molecular weight is 386 g/mol. The number of piperidine rings is 2. The molecule has 5 rings (SSSR count). The lowest BCUT2D eigenvalue weighted by atomic mass is 9.93. The normalized spacial score (nSPS) is 26.4. The molecule has 0 aromatic heterocycles. The smallest absolute Gasteiger partial charge is 0.231 e. The topological polar surface area (TPSA) is 54.0 Å². The van der Waals surface area contributed by atoms with Gasteiger partial charge in [0.2, 0.25) is 12.7 Å². The summed E-state index contributed by atoms with van der Waals surface area (Å²) < 4.78 is 10.9.